The molecule has 162 valence electrons. The highest BCUT2D eigenvalue weighted by atomic mass is 32.2. The predicted octanol–water partition coefficient (Wildman–Crippen LogP) is 3.11. The Bertz CT molecular complexity index is 1020. The van der Waals surface area contributed by atoms with Crippen LogP contribution in [0.2, 0.25) is 0 Å². The van der Waals surface area contributed by atoms with Gasteiger partial charge >= 0.3 is 6.18 Å². The van der Waals surface area contributed by atoms with Crippen molar-refractivity contribution in [1.82, 2.24) is 4.31 Å². The molecule has 0 amide bonds. The van der Waals surface area contributed by atoms with Gasteiger partial charge in [-0.05, 0) is 54.8 Å². The van der Waals surface area contributed by atoms with Gasteiger partial charge in [0.05, 0.1) is 11.1 Å². The van der Waals surface area contributed by atoms with E-state index in [1.165, 1.54) is 4.31 Å². The number of aliphatic hydroxyl groups excluding tert-OH is 1. The number of aliphatic hydroxyl groups is 1. The maximum atomic E-state index is 13.0. The molecule has 0 saturated carbocycles. The Kier molecular flexibility index (Phi) is 7.41. The van der Waals surface area contributed by atoms with Crippen LogP contribution in [0, 0.1) is 23.1 Å². The monoisotopic (exact) mass is 446 g/mol. The maximum absolute atomic E-state index is 13.0. The Hall–Kier alpha value is -2.68. The molecule has 3 rings (SSSR count). The van der Waals surface area contributed by atoms with Crippen molar-refractivity contribution in [2.75, 3.05) is 19.7 Å². The number of hydrogen-bond acceptors (Lipinski definition) is 5. The minimum atomic E-state index is -4.33. The molecule has 6 nitrogen and oxygen atoms in total. The minimum Gasteiger partial charge on any atom is -0.508 e. The molecular formula is C19H18F4N2O4S. The molecule has 11 heteroatoms. The summed E-state index contributed by atoms with van der Waals surface area (Å²) in [6.45, 7) is 0.456. The van der Waals surface area contributed by atoms with E-state index in [0.717, 1.165) is 42.5 Å². The molecule has 1 unspecified atom stereocenters. The van der Waals surface area contributed by atoms with Crippen LogP contribution in [-0.2, 0) is 16.2 Å². The van der Waals surface area contributed by atoms with E-state index < -0.39 is 27.6 Å². The SMILES string of the molecule is N#Cc1cc(F)ccc1S(=O)(=O)N1CCC(CO)C1.Oc1ccc(C(F)(F)F)cc1. The van der Waals surface area contributed by atoms with Crippen molar-refractivity contribution in [2.24, 2.45) is 5.92 Å². The van der Waals surface area contributed by atoms with Crippen molar-refractivity contribution < 1.29 is 36.2 Å². The fourth-order valence-corrected chi connectivity index (χ4v) is 4.42. The second-order valence-corrected chi connectivity index (χ2v) is 8.40. The number of alkyl halides is 3. The Morgan fingerprint density at radius 2 is 1.80 bits per heavy atom. The van der Waals surface area contributed by atoms with E-state index in [1.807, 2.05) is 0 Å². The van der Waals surface area contributed by atoms with Crippen LogP contribution in [-0.4, -0.2) is 42.6 Å². The highest BCUT2D eigenvalue weighted by Crippen LogP contribution is 2.30. The van der Waals surface area contributed by atoms with E-state index in [1.54, 1.807) is 6.07 Å². The molecule has 2 aromatic rings. The van der Waals surface area contributed by atoms with Gasteiger partial charge < -0.3 is 10.2 Å². The third-order valence-corrected chi connectivity index (χ3v) is 6.30. The third-order valence-electron chi connectivity index (χ3n) is 4.38. The summed E-state index contributed by atoms with van der Waals surface area (Å²) in [6, 6.07) is 8.40. The van der Waals surface area contributed by atoms with Crippen molar-refractivity contribution in [2.45, 2.75) is 17.5 Å². The zero-order chi connectivity index (χ0) is 22.5. The van der Waals surface area contributed by atoms with Crippen LogP contribution in [0.5, 0.6) is 5.75 Å². The largest absolute Gasteiger partial charge is 0.508 e. The van der Waals surface area contributed by atoms with Crippen molar-refractivity contribution >= 4 is 10.0 Å². The van der Waals surface area contributed by atoms with Gasteiger partial charge in [0.25, 0.3) is 0 Å². The first-order valence-corrected chi connectivity index (χ1v) is 10.1. The lowest BCUT2D eigenvalue weighted by atomic mass is 10.1. The summed E-state index contributed by atoms with van der Waals surface area (Å²) in [5.74, 6) is -0.899. The Morgan fingerprint density at radius 3 is 2.30 bits per heavy atom. The number of halogens is 4. The number of aromatic hydroxyl groups is 1. The molecule has 1 atom stereocenters. The number of sulfonamides is 1. The molecular weight excluding hydrogens is 428 g/mol. The van der Waals surface area contributed by atoms with Crippen LogP contribution in [0.15, 0.2) is 47.4 Å². The molecule has 0 spiro atoms. The summed E-state index contributed by atoms with van der Waals surface area (Å²) in [6.07, 6.45) is -3.74. The molecule has 30 heavy (non-hydrogen) atoms. The summed E-state index contributed by atoms with van der Waals surface area (Å²) in [4.78, 5) is -0.185. The van der Waals surface area contributed by atoms with E-state index in [0.29, 0.717) is 13.0 Å². The lowest BCUT2D eigenvalue weighted by Crippen LogP contribution is -2.30. The van der Waals surface area contributed by atoms with E-state index >= 15 is 0 Å². The van der Waals surface area contributed by atoms with Gasteiger partial charge in [0.2, 0.25) is 10.0 Å². The highest BCUT2D eigenvalue weighted by Gasteiger charge is 2.33. The summed E-state index contributed by atoms with van der Waals surface area (Å²) in [7, 11) is -3.81. The number of phenols is 1. The molecule has 1 saturated heterocycles. The van der Waals surface area contributed by atoms with Crippen molar-refractivity contribution in [1.29, 1.82) is 5.26 Å². The average Bonchev–Trinajstić information content (AvgIpc) is 3.18. The molecule has 0 aliphatic carbocycles. The van der Waals surface area contributed by atoms with Crippen molar-refractivity contribution in [3.8, 4) is 11.8 Å². The first-order valence-electron chi connectivity index (χ1n) is 8.66. The van der Waals surface area contributed by atoms with Crippen LogP contribution in [0.3, 0.4) is 0 Å². The average molecular weight is 446 g/mol. The number of nitriles is 1. The third kappa shape index (κ3) is 5.69. The molecule has 0 bridgehead atoms. The van der Waals surface area contributed by atoms with E-state index in [4.69, 9.17) is 15.5 Å². The molecule has 1 fully saturated rings. The van der Waals surface area contributed by atoms with Crippen molar-refractivity contribution in [3.05, 3.63) is 59.4 Å². The molecule has 1 aliphatic heterocycles. The highest BCUT2D eigenvalue weighted by molar-refractivity contribution is 7.89. The number of rotatable bonds is 3. The van der Waals surface area contributed by atoms with Gasteiger partial charge in [-0.15, -0.1) is 0 Å². The Labute approximate surface area is 170 Å². The first kappa shape index (κ1) is 23.6. The van der Waals surface area contributed by atoms with E-state index in [2.05, 4.69) is 0 Å². The normalized spacial score (nSPS) is 17.1. The lowest BCUT2D eigenvalue weighted by Gasteiger charge is -2.17. The fraction of sp³-hybridized carbons (Fsp3) is 0.316. The van der Waals surface area contributed by atoms with Gasteiger partial charge in [-0.1, -0.05) is 0 Å². The zero-order valence-corrected chi connectivity index (χ0v) is 16.3. The number of hydrogen-bond donors (Lipinski definition) is 2. The summed E-state index contributed by atoms with van der Waals surface area (Å²) in [5.41, 5.74) is -0.956. The summed E-state index contributed by atoms with van der Waals surface area (Å²) >= 11 is 0. The molecule has 0 aromatic heterocycles. The van der Waals surface area contributed by atoms with Gasteiger partial charge in [-0.2, -0.15) is 22.7 Å². The topological polar surface area (TPSA) is 102 Å². The van der Waals surface area contributed by atoms with E-state index in [-0.39, 0.29) is 35.3 Å². The van der Waals surface area contributed by atoms with Crippen LogP contribution >= 0.6 is 0 Å². The number of nitrogens with zero attached hydrogens (tertiary/aromatic N) is 2. The molecule has 2 aromatic carbocycles. The minimum absolute atomic E-state index is 0.0689. The molecule has 0 radical (unpaired) electrons. The van der Waals surface area contributed by atoms with Crippen LogP contribution in [0.1, 0.15) is 17.5 Å². The van der Waals surface area contributed by atoms with Gasteiger partial charge in [-0.3, -0.25) is 0 Å². The smallest absolute Gasteiger partial charge is 0.416 e. The van der Waals surface area contributed by atoms with Crippen LogP contribution < -0.4 is 0 Å². The van der Waals surface area contributed by atoms with Crippen LogP contribution in [0.25, 0.3) is 0 Å². The number of phenolic OH excluding ortho intramolecular Hbond substituents is 1. The predicted molar refractivity (Wildman–Crippen MR) is 98.2 cm³/mol. The quantitative estimate of drug-likeness (QED) is 0.706. The first-order chi connectivity index (χ1) is 14.0. The molecule has 2 N–H and O–H groups in total. The fourth-order valence-electron chi connectivity index (χ4n) is 2.77. The van der Waals surface area contributed by atoms with Crippen molar-refractivity contribution in [3.63, 3.8) is 0 Å². The van der Waals surface area contributed by atoms with Gasteiger partial charge in [0.1, 0.15) is 22.5 Å². The number of benzene rings is 2. The van der Waals surface area contributed by atoms with Gasteiger partial charge in [0, 0.05) is 19.7 Å². The van der Waals surface area contributed by atoms with Crippen LogP contribution in [0.4, 0.5) is 17.6 Å². The Morgan fingerprint density at radius 1 is 1.17 bits per heavy atom. The molecule has 1 heterocycles. The second kappa shape index (κ2) is 9.42. The standard InChI is InChI=1S/C12H13FN2O3S.C7H5F3O/c13-11-1-2-12(10(5-11)6-14)19(17,18)15-4-3-9(7-15)8-16;8-7(9,10)5-1-3-6(11)4-2-5/h1-2,5,9,16H,3-4,7-8H2;1-4,11H. The summed E-state index contributed by atoms with van der Waals surface area (Å²) < 4.78 is 74.5. The van der Waals surface area contributed by atoms with Gasteiger partial charge in [-0.25, -0.2) is 12.8 Å². The van der Waals surface area contributed by atoms with Gasteiger partial charge in [0.15, 0.2) is 0 Å². The summed E-state index contributed by atoms with van der Waals surface area (Å²) in [5, 5.41) is 26.6. The Balaban J connectivity index is 0.000000248. The zero-order valence-electron chi connectivity index (χ0n) is 15.5. The van der Waals surface area contributed by atoms with E-state index in [9.17, 15) is 26.0 Å². The molecule has 1 aliphatic rings. The maximum Gasteiger partial charge on any atom is 0.416 e. The lowest BCUT2D eigenvalue weighted by molar-refractivity contribution is -0.137. The second-order valence-electron chi connectivity index (χ2n) is 6.50.